The summed E-state index contributed by atoms with van der Waals surface area (Å²) in [6, 6.07) is 11.1. The van der Waals surface area contributed by atoms with Crippen LogP contribution < -0.4 is 10.1 Å². The molecule has 2 aliphatic heterocycles. The SMILES string of the molecule is O=C(N[C@@H]1CC[C@@]2(O)[C@H]3Cc4ccc(O)c5c4C2(CCN3CC2CC2)[C@H]1O5)c1ccc(I)cc1. The maximum atomic E-state index is 13.2. The number of carbonyl (C=O) groups excluding carboxylic acids is 1. The van der Waals surface area contributed by atoms with Gasteiger partial charge in [-0.25, -0.2) is 0 Å². The van der Waals surface area contributed by atoms with Crippen molar-refractivity contribution in [1.29, 1.82) is 0 Å². The Labute approximate surface area is 212 Å². The third kappa shape index (κ3) is 2.83. The smallest absolute Gasteiger partial charge is 0.251 e. The Hall–Kier alpha value is -1.84. The molecule has 2 bridgehead atoms. The maximum Gasteiger partial charge on any atom is 0.251 e. The highest BCUT2D eigenvalue weighted by atomic mass is 127. The van der Waals surface area contributed by atoms with Crippen LogP contribution in [0.5, 0.6) is 11.5 Å². The maximum absolute atomic E-state index is 13.2. The summed E-state index contributed by atoms with van der Waals surface area (Å²) in [7, 11) is 0. The van der Waals surface area contributed by atoms with Crippen LogP contribution in [-0.2, 0) is 11.8 Å². The van der Waals surface area contributed by atoms with Crippen LogP contribution in [0.4, 0.5) is 0 Å². The number of hydrogen-bond donors (Lipinski definition) is 3. The van der Waals surface area contributed by atoms with Gasteiger partial charge in [0, 0.05) is 27.3 Å². The minimum Gasteiger partial charge on any atom is -0.504 e. The molecule has 7 heteroatoms. The van der Waals surface area contributed by atoms with Gasteiger partial charge in [0.1, 0.15) is 6.10 Å². The van der Waals surface area contributed by atoms with E-state index in [1.54, 1.807) is 6.07 Å². The average Bonchev–Trinajstić information content (AvgIpc) is 3.56. The molecular weight excluding hydrogens is 543 g/mol. The van der Waals surface area contributed by atoms with Crippen molar-refractivity contribution in [3.8, 4) is 11.5 Å². The second kappa shape index (κ2) is 7.34. The van der Waals surface area contributed by atoms with Crippen molar-refractivity contribution in [1.82, 2.24) is 10.2 Å². The molecule has 1 unspecified atom stereocenters. The van der Waals surface area contributed by atoms with Gasteiger partial charge in [-0.1, -0.05) is 6.07 Å². The number of carbonyl (C=O) groups is 1. The Morgan fingerprint density at radius 2 is 1.94 bits per heavy atom. The summed E-state index contributed by atoms with van der Waals surface area (Å²) in [5.41, 5.74) is 1.26. The Bertz CT molecular complexity index is 1180. The molecule has 5 aliphatic rings. The summed E-state index contributed by atoms with van der Waals surface area (Å²) in [6.45, 7) is 1.97. The van der Waals surface area contributed by atoms with Gasteiger partial charge in [0.05, 0.1) is 17.1 Å². The number of nitrogens with one attached hydrogen (secondary N) is 1. The van der Waals surface area contributed by atoms with Gasteiger partial charge in [-0.2, -0.15) is 0 Å². The van der Waals surface area contributed by atoms with Crippen molar-refractivity contribution >= 4 is 28.5 Å². The molecule has 2 aromatic carbocycles. The monoisotopic (exact) mass is 572 g/mol. The molecule has 0 aromatic heterocycles. The predicted octanol–water partition coefficient (Wildman–Crippen LogP) is 3.36. The fourth-order valence-corrected chi connectivity index (χ4v) is 7.84. The second-order valence-corrected chi connectivity index (χ2v) is 12.2. The quantitative estimate of drug-likeness (QED) is 0.490. The van der Waals surface area contributed by atoms with Gasteiger partial charge in [-0.15, -0.1) is 0 Å². The minimum atomic E-state index is -0.930. The Balaban J connectivity index is 1.29. The van der Waals surface area contributed by atoms with Crippen molar-refractivity contribution in [2.24, 2.45) is 5.92 Å². The van der Waals surface area contributed by atoms with Crippen LogP contribution in [0.15, 0.2) is 36.4 Å². The molecule has 6 nitrogen and oxygen atoms in total. The second-order valence-electron chi connectivity index (χ2n) is 10.9. The van der Waals surface area contributed by atoms with Crippen molar-refractivity contribution in [3.63, 3.8) is 0 Å². The largest absolute Gasteiger partial charge is 0.504 e. The molecular formula is C27H29IN2O4. The molecule has 3 fully saturated rings. The molecule has 3 aliphatic carbocycles. The summed E-state index contributed by atoms with van der Waals surface area (Å²) in [5, 5.41) is 26.5. The Morgan fingerprint density at radius 1 is 1.15 bits per heavy atom. The number of amides is 1. The number of phenolic OH excluding ortho intramolecular Hbond substituents is 1. The van der Waals surface area contributed by atoms with Gasteiger partial charge < -0.3 is 20.3 Å². The highest BCUT2D eigenvalue weighted by molar-refractivity contribution is 14.1. The van der Waals surface area contributed by atoms with E-state index < -0.39 is 17.1 Å². The minimum absolute atomic E-state index is 0.0452. The number of hydrogen-bond acceptors (Lipinski definition) is 5. The van der Waals surface area contributed by atoms with Gasteiger partial charge in [0.2, 0.25) is 0 Å². The van der Waals surface area contributed by atoms with Crippen LogP contribution in [0.3, 0.4) is 0 Å². The molecule has 1 amide bonds. The van der Waals surface area contributed by atoms with Crippen molar-refractivity contribution in [3.05, 3.63) is 56.7 Å². The van der Waals surface area contributed by atoms with E-state index in [-0.39, 0.29) is 23.7 Å². The van der Waals surface area contributed by atoms with E-state index in [0.717, 1.165) is 41.0 Å². The number of likely N-dealkylation sites (tertiary alicyclic amines) is 1. The predicted molar refractivity (Wildman–Crippen MR) is 135 cm³/mol. The first-order chi connectivity index (χ1) is 16.4. The third-order valence-electron chi connectivity index (χ3n) is 9.19. The number of aliphatic hydroxyl groups is 1. The lowest BCUT2D eigenvalue weighted by Gasteiger charge is -2.64. The van der Waals surface area contributed by atoms with Crippen molar-refractivity contribution < 1.29 is 19.7 Å². The molecule has 2 saturated carbocycles. The van der Waals surface area contributed by atoms with Gasteiger partial charge in [-0.05, 0) is 109 Å². The normalized spacial score (nSPS) is 35.4. The zero-order valence-electron chi connectivity index (χ0n) is 19.0. The van der Waals surface area contributed by atoms with Crippen LogP contribution in [0.1, 0.15) is 53.6 Å². The molecule has 1 spiro atoms. The molecule has 34 heavy (non-hydrogen) atoms. The van der Waals surface area contributed by atoms with Crippen LogP contribution in [-0.4, -0.2) is 57.9 Å². The van der Waals surface area contributed by atoms with E-state index in [0.29, 0.717) is 24.2 Å². The molecule has 0 radical (unpaired) electrons. The first-order valence-corrected chi connectivity index (χ1v) is 13.5. The molecule has 2 heterocycles. The summed E-state index contributed by atoms with van der Waals surface area (Å²) < 4.78 is 7.61. The Kier molecular flexibility index (Phi) is 4.63. The fraction of sp³-hybridized carbons (Fsp3) is 0.519. The molecule has 3 N–H and O–H groups in total. The molecule has 1 saturated heterocycles. The number of aromatic hydroxyl groups is 1. The first kappa shape index (κ1) is 21.4. The van der Waals surface area contributed by atoms with E-state index in [1.807, 2.05) is 30.3 Å². The molecule has 5 atom stereocenters. The lowest BCUT2D eigenvalue weighted by molar-refractivity contribution is -0.191. The number of rotatable bonds is 4. The lowest BCUT2D eigenvalue weighted by atomic mass is 9.48. The zero-order valence-corrected chi connectivity index (χ0v) is 21.1. The number of benzene rings is 2. The third-order valence-corrected chi connectivity index (χ3v) is 9.90. The van der Waals surface area contributed by atoms with Gasteiger partial charge in [0.25, 0.3) is 5.91 Å². The lowest BCUT2D eigenvalue weighted by Crippen LogP contribution is -2.78. The molecule has 7 rings (SSSR count). The molecule has 2 aromatic rings. The summed E-state index contributed by atoms with van der Waals surface area (Å²) >= 11 is 2.23. The number of phenols is 1. The van der Waals surface area contributed by atoms with Gasteiger partial charge >= 0.3 is 0 Å². The molecule has 178 valence electrons. The summed E-state index contributed by atoms with van der Waals surface area (Å²) in [4.78, 5) is 15.7. The number of ether oxygens (including phenoxy) is 1. The number of halogens is 1. The Morgan fingerprint density at radius 3 is 2.71 bits per heavy atom. The highest BCUT2D eigenvalue weighted by Gasteiger charge is 2.73. The van der Waals surface area contributed by atoms with Crippen molar-refractivity contribution in [2.45, 2.75) is 67.7 Å². The standard InChI is InChI=1S/C27H29IN2O4/c28-18-6-3-16(4-7-18)25(32)29-19-9-10-27(33)21-13-17-5-8-20(31)23-22(17)26(27,24(19)34-23)11-12-30(21)14-15-1-2-15/h3-8,15,19,21,24,31,33H,1-2,9-14H2,(H,29,32)/t19-,21-,24+,26?,27-/m1/s1. The summed E-state index contributed by atoms with van der Waals surface area (Å²) in [5.74, 6) is 1.29. The van der Waals surface area contributed by atoms with E-state index >= 15 is 0 Å². The van der Waals surface area contributed by atoms with Crippen LogP contribution in [0.2, 0.25) is 0 Å². The van der Waals surface area contributed by atoms with Crippen LogP contribution >= 0.6 is 22.6 Å². The van der Waals surface area contributed by atoms with Crippen LogP contribution in [0, 0.1) is 9.49 Å². The van der Waals surface area contributed by atoms with E-state index in [2.05, 4.69) is 32.8 Å². The van der Waals surface area contributed by atoms with E-state index in [9.17, 15) is 15.0 Å². The van der Waals surface area contributed by atoms with E-state index in [1.165, 1.54) is 18.4 Å². The fourth-order valence-electron chi connectivity index (χ4n) is 7.48. The zero-order chi connectivity index (χ0) is 23.2. The summed E-state index contributed by atoms with van der Waals surface area (Å²) in [6.07, 6.45) is 5.01. The first-order valence-electron chi connectivity index (χ1n) is 12.5. The average molecular weight is 572 g/mol. The highest BCUT2D eigenvalue weighted by Crippen LogP contribution is 2.65. The van der Waals surface area contributed by atoms with Gasteiger partial charge in [0.15, 0.2) is 11.5 Å². The van der Waals surface area contributed by atoms with E-state index in [4.69, 9.17) is 4.74 Å². The van der Waals surface area contributed by atoms with Crippen LogP contribution in [0.25, 0.3) is 0 Å². The topological polar surface area (TPSA) is 82.0 Å². The van der Waals surface area contributed by atoms with Gasteiger partial charge in [-0.3, -0.25) is 9.69 Å². The number of nitrogens with zero attached hydrogens (tertiary/aromatic N) is 1. The van der Waals surface area contributed by atoms with Crippen molar-refractivity contribution in [2.75, 3.05) is 13.1 Å². The number of piperidine rings is 1.